The van der Waals surface area contributed by atoms with Crippen LogP contribution in [-0.4, -0.2) is 12.6 Å². The van der Waals surface area contributed by atoms with E-state index in [1.807, 2.05) is 24.3 Å². The van der Waals surface area contributed by atoms with Gasteiger partial charge in [0.1, 0.15) is 11.8 Å². The van der Waals surface area contributed by atoms with E-state index in [9.17, 15) is 0 Å². The van der Waals surface area contributed by atoms with Crippen molar-refractivity contribution in [1.82, 2.24) is 5.32 Å². The topological polar surface area (TPSA) is 45.0 Å². The summed E-state index contributed by atoms with van der Waals surface area (Å²) in [6, 6.07) is 10.6. The second kappa shape index (κ2) is 10.3. The average Bonchev–Trinajstić information content (AvgIpc) is 2.48. The Morgan fingerprint density at radius 3 is 2.80 bits per heavy atom. The lowest BCUT2D eigenvalue weighted by Crippen LogP contribution is -2.28. The lowest BCUT2D eigenvalue weighted by molar-refractivity contribution is 0.367. The summed E-state index contributed by atoms with van der Waals surface area (Å²) in [6.07, 6.45) is 6.22. The number of nitriles is 1. The molecule has 0 aromatic heterocycles. The normalized spacial score (nSPS) is 11.8. The number of benzene rings is 1. The first-order valence-corrected chi connectivity index (χ1v) is 7.62. The molecule has 0 heterocycles. The number of nitrogens with zero attached hydrogens (tertiary/aromatic N) is 1. The Hall–Kier alpha value is -1.53. The second-order valence-electron chi connectivity index (χ2n) is 5.10. The van der Waals surface area contributed by atoms with Gasteiger partial charge in [-0.3, -0.25) is 0 Å². The molecule has 1 atom stereocenters. The number of hydrogen-bond donors (Lipinski definition) is 1. The summed E-state index contributed by atoms with van der Waals surface area (Å²) >= 11 is 0. The molecule has 20 heavy (non-hydrogen) atoms. The minimum absolute atomic E-state index is 0.103. The molecule has 0 saturated heterocycles. The van der Waals surface area contributed by atoms with E-state index >= 15 is 0 Å². The van der Waals surface area contributed by atoms with Crippen molar-refractivity contribution in [2.45, 2.75) is 58.5 Å². The molecule has 0 spiro atoms. The van der Waals surface area contributed by atoms with E-state index < -0.39 is 0 Å². The van der Waals surface area contributed by atoms with E-state index in [-0.39, 0.29) is 6.61 Å². The lowest BCUT2D eigenvalue weighted by Gasteiger charge is -2.18. The van der Waals surface area contributed by atoms with Crippen molar-refractivity contribution in [3.05, 3.63) is 29.8 Å². The first-order valence-electron chi connectivity index (χ1n) is 7.62. The molecule has 0 radical (unpaired) electrons. The summed E-state index contributed by atoms with van der Waals surface area (Å²) in [5.74, 6) is 0.770. The maximum Gasteiger partial charge on any atom is 0.174 e. The van der Waals surface area contributed by atoms with Crippen molar-refractivity contribution in [3.8, 4) is 11.8 Å². The van der Waals surface area contributed by atoms with Gasteiger partial charge in [0.2, 0.25) is 0 Å². The van der Waals surface area contributed by atoms with Gasteiger partial charge in [-0.1, -0.05) is 45.2 Å². The molecular formula is C17H26N2O. The third kappa shape index (κ3) is 6.58. The fraction of sp³-hybridized carbons (Fsp3) is 0.588. The molecule has 1 aromatic carbocycles. The molecule has 0 aliphatic rings. The Kier molecular flexibility index (Phi) is 8.49. The second-order valence-corrected chi connectivity index (χ2v) is 5.10. The number of nitrogens with one attached hydrogen (secondary N) is 1. The predicted octanol–water partition coefficient (Wildman–Crippen LogP) is 4.04. The molecule has 0 amide bonds. The van der Waals surface area contributed by atoms with Crippen molar-refractivity contribution < 1.29 is 4.74 Å². The Bertz CT molecular complexity index is 412. The summed E-state index contributed by atoms with van der Waals surface area (Å²) in [5.41, 5.74) is 1.21. The summed E-state index contributed by atoms with van der Waals surface area (Å²) in [6.45, 7) is 5.43. The number of ether oxygens (including phenoxy) is 1. The van der Waals surface area contributed by atoms with Crippen molar-refractivity contribution in [2.75, 3.05) is 6.61 Å². The zero-order chi connectivity index (χ0) is 14.6. The molecule has 0 fully saturated rings. The third-order valence-corrected chi connectivity index (χ3v) is 3.34. The van der Waals surface area contributed by atoms with Crippen molar-refractivity contribution in [1.29, 1.82) is 5.26 Å². The molecule has 1 aromatic rings. The summed E-state index contributed by atoms with van der Waals surface area (Å²) in [7, 11) is 0. The SMILES string of the molecule is CCCCC(CCC)NCc1cccc(OCC#N)c1. The minimum Gasteiger partial charge on any atom is -0.479 e. The van der Waals surface area contributed by atoms with Crippen LogP contribution in [0.1, 0.15) is 51.5 Å². The Labute approximate surface area is 123 Å². The van der Waals surface area contributed by atoms with Crippen LogP contribution in [-0.2, 0) is 6.54 Å². The van der Waals surface area contributed by atoms with E-state index in [2.05, 4.69) is 25.2 Å². The fourth-order valence-electron chi connectivity index (χ4n) is 2.27. The molecule has 0 bridgehead atoms. The highest BCUT2D eigenvalue weighted by Gasteiger charge is 2.06. The number of unbranched alkanes of at least 4 members (excludes halogenated alkanes) is 1. The highest BCUT2D eigenvalue weighted by molar-refractivity contribution is 5.28. The van der Waals surface area contributed by atoms with Gasteiger partial charge in [-0.05, 0) is 30.5 Å². The van der Waals surface area contributed by atoms with Crippen LogP contribution < -0.4 is 10.1 Å². The first kappa shape index (κ1) is 16.5. The maximum absolute atomic E-state index is 8.53. The molecule has 1 rings (SSSR count). The number of hydrogen-bond acceptors (Lipinski definition) is 3. The smallest absolute Gasteiger partial charge is 0.174 e. The molecular weight excluding hydrogens is 248 g/mol. The van der Waals surface area contributed by atoms with Gasteiger partial charge in [0, 0.05) is 12.6 Å². The maximum atomic E-state index is 8.53. The molecule has 0 aliphatic heterocycles. The summed E-state index contributed by atoms with van der Waals surface area (Å²) in [4.78, 5) is 0. The molecule has 3 heteroatoms. The van der Waals surface area contributed by atoms with Crippen LogP contribution in [0, 0.1) is 11.3 Å². The van der Waals surface area contributed by atoms with Crippen LogP contribution in [0.2, 0.25) is 0 Å². The van der Waals surface area contributed by atoms with Gasteiger partial charge < -0.3 is 10.1 Å². The van der Waals surface area contributed by atoms with Crippen LogP contribution in [0.3, 0.4) is 0 Å². The first-order chi connectivity index (χ1) is 9.80. The van der Waals surface area contributed by atoms with Gasteiger partial charge in [-0.25, -0.2) is 0 Å². The number of rotatable bonds is 10. The molecule has 1 N–H and O–H groups in total. The van der Waals surface area contributed by atoms with Gasteiger partial charge in [-0.2, -0.15) is 5.26 Å². The van der Waals surface area contributed by atoms with E-state index in [1.54, 1.807) is 0 Å². The fourth-order valence-corrected chi connectivity index (χ4v) is 2.27. The summed E-state index contributed by atoms with van der Waals surface area (Å²) < 4.78 is 5.33. The van der Waals surface area contributed by atoms with Crippen LogP contribution in [0.4, 0.5) is 0 Å². The van der Waals surface area contributed by atoms with Gasteiger partial charge in [0.25, 0.3) is 0 Å². The van der Waals surface area contributed by atoms with E-state index in [0.717, 1.165) is 12.3 Å². The van der Waals surface area contributed by atoms with E-state index in [0.29, 0.717) is 6.04 Å². The van der Waals surface area contributed by atoms with Crippen molar-refractivity contribution in [2.24, 2.45) is 0 Å². The van der Waals surface area contributed by atoms with Crippen LogP contribution in [0.5, 0.6) is 5.75 Å². The monoisotopic (exact) mass is 274 g/mol. The van der Waals surface area contributed by atoms with E-state index in [1.165, 1.54) is 37.7 Å². The largest absolute Gasteiger partial charge is 0.479 e. The van der Waals surface area contributed by atoms with Crippen LogP contribution in [0.25, 0.3) is 0 Å². The molecule has 0 saturated carbocycles. The van der Waals surface area contributed by atoms with Gasteiger partial charge in [0.15, 0.2) is 6.61 Å². The van der Waals surface area contributed by atoms with Crippen molar-refractivity contribution >= 4 is 0 Å². The predicted molar refractivity (Wildman–Crippen MR) is 82.6 cm³/mol. The highest BCUT2D eigenvalue weighted by atomic mass is 16.5. The van der Waals surface area contributed by atoms with Gasteiger partial charge >= 0.3 is 0 Å². The van der Waals surface area contributed by atoms with E-state index in [4.69, 9.17) is 10.00 Å². The minimum atomic E-state index is 0.103. The Morgan fingerprint density at radius 2 is 2.10 bits per heavy atom. The third-order valence-electron chi connectivity index (χ3n) is 3.34. The van der Waals surface area contributed by atoms with Gasteiger partial charge in [-0.15, -0.1) is 0 Å². The quantitative estimate of drug-likeness (QED) is 0.700. The Balaban J connectivity index is 2.47. The van der Waals surface area contributed by atoms with Gasteiger partial charge in [0.05, 0.1) is 0 Å². The molecule has 1 unspecified atom stereocenters. The standard InChI is InChI=1S/C17H26N2O/c1-3-5-9-16(7-4-2)19-14-15-8-6-10-17(13-15)20-12-11-18/h6,8,10,13,16,19H,3-5,7,9,12,14H2,1-2H3. The lowest BCUT2D eigenvalue weighted by atomic mass is 10.0. The molecule has 0 aliphatic carbocycles. The van der Waals surface area contributed by atoms with Crippen LogP contribution >= 0.6 is 0 Å². The molecule has 110 valence electrons. The molecule has 3 nitrogen and oxygen atoms in total. The highest BCUT2D eigenvalue weighted by Crippen LogP contribution is 2.14. The zero-order valence-corrected chi connectivity index (χ0v) is 12.7. The average molecular weight is 274 g/mol. The van der Waals surface area contributed by atoms with Crippen molar-refractivity contribution in [3.63, 3.8) is 0 Å². The van der Waals surface area contributed by atoms with Crippen LogP contribution in [0.15, 0.2) is 24.3 Å². The zero-order valence-electron chi connectivity index (χ0n) is 12.7. The summed E-state index contributed by atoms with van der Waals surface area (Å²) in [5, 5.41) is 12.2. The Morgan fingerprint density at radius 1 is 1.25 bits per heavy atom.